The molecule has 37 heavy (non-hydrogen) atoms. The van der Waals surface area contributed by atoms with E-state index in [1.54, 1.807) is 19.1 Å². The molecule has 0 unspecified atom stereocenters. The number of ether oxygens (including phenoxy) is 1. The van der Waals surface area contributed by atoms with Gasteiger partial charge in [0.1, 0.15) is 0 Å². The molecule has 2 aromatic rings. The van der Waals surface area contributed by atoms with Crippen molar-refractivity contribution in [1.29, 1.82) is 0 Å². The number of para-hydroxylation sites is 1. The van der Waals surface area contributed by atoms with Crippen LogP contribution in [0.25, 0.3) is 0 Å². The van der Waals surface area contributed by atoms with Gasteiger partial charge < -0.3 is 15.0 Å². The van der Waals surface area contributed by atoms with E-state index in [0.29, 0.717) is 11.6 Å². The van der Waals surface area contributed by atoms with E-state index in [9.17, 15) is 9.59 Å². The second kappa shape index (κ2) is 11.6. The largest absolute Gasteiger partial charge is 0.381 e. The number of rotatable bonds is 10. The zero-order valence-electron chi connectivity index (χ0n) is 22.1. The highest BCUT2D eigenvalue weighted by Gasteiger charge is 2.38. The molecule has 3 atom stereocenters. The number of carbonyl (C=O) groups excluding carboxylic acids is 2. The highest BCUT2D eigenvalue weighted by Crippen LogP contribution is 2.38. The lowest BCUT2D eigenvalue weighted by molar-refractivity contribution is -0.134. The van der Waals surface area contributed by atoms with Crippen molar-refractivity contribution < 1.29 is 14.3 Å². The quantitative estimate of drug-likeness (QED) is 0.477. The number of hydrogen-bond acceptors (Lipinski definition) is 4. The summed E-state index contributed by atoms with van der Waals surface area (Å²) in [6, 6.07) is 17.6. The van der Waals surface area contributed by atoms with Gasteiger partial charge in [0.15, 0.2) is 0 Å². The Hall–Kier alpha value is -2.99. The third kappa shape index (κ3) is 5.96. The van der Waals surface area contributed by atoms with Crippen LogP contribution in [-0.4, -0.2) is 44.0 Å². The van der Waals surface area contributed by atoms with E-state index in [2.05, 4.69) is 5.32 Å². The maximum absolute atomic E-state index is 13.8. The van der Waals surface area contributed by atoms with Crippen LogP contribution in [0.3, 0.4) is 0 Å². The van der Waals surface area contributed by atoms with Gasteiger partial charge in [-0.1, -0.05) is 87.1 Å². The molecule has 2 amide bonds. The molecule has 5 rings (SSSR count). The molecule has 0 bridgehead atoms. The normalized spacial score (nSPS) is 21.7. The van der Waals surface area contributed by atoms with Crippen LogP contribution in [-0.2, 0) is 14.3 Å². The second-order valence-electron chi connectivity index (χ2n) is 11.0. The van der Waals surface area contributed by atoms with Gasteiger partial charge in [-0.3, -0.25) is 9.59 Å². The lowest BCUT2D eigenvalue weighted by Gasteiger charge is -2.28. The van der Waals surface area contributed by atoms with E-state index < -0.39 is 6.17 Å². The number of nitrogens with one attached hydrogen (secondary N) is 1. The number of benzene rings is 2. The van der Waals surface area contributed by atoms with Gasteiger partial charge in [0.2, 0.25) is 12.1 Å². The molecule has 2 saturated carbocycles. The van der Waals surface area contributed by atoms with Gasteiger partial charge in [-0.15, -0.1) is 0 Å². The second-order valence-corrected chi connectivity index (χ2v) is 11.0. The number of nitrogens with zero attached hydrogens (tertiary/aromatic N) is 2. The molecule has 2 aliphatic carbocycles. The zero-order valence-corrected chi connectivity index (χ0v) is 22.1. The summed E-state index contributed by atoms with van der Waals surface area (Å²) in [6.07, 6.45) is 9.19. The molecule has 1 heterocycles. The lowest BCUT2D eigenvalue weighted by Crippen LogP contribution is -2.49. The number of aliphatic imine (C=N–C) groups is 1. The molecule has 2 aromatic carbocycles. The predicted molar refractivity (Wildman–Crippen MR) is 147 cm³/mol. The summed E-state index contributed by atoms with van der Waals surface area (Å²) >= 11 is 0. The maximum Gasteiger partial charge on any atom is 0.272 e. The van der Waals surface area contributed by atoms with Crippen LogP contribution in [0.1, 0.15) is 68.9 Å². The third-order valence-corrected chi connectivity index (χ3v) is 8.38. The summed E-state index contributed by atoms with van der Waals surface area (Å²) in [4.78, 5) is 33.9. The number of benzodiazepines with no additional fused rings is 1. The Labute approximate surface area is 220 Å². The summed E-state index contributed by atoms with van der Waals surface area (Å²) in [5.74, 6) is 0.671. The summed E-state index contributed by atoms with van der Waals surface area (Å²) < 4.78 is 5.93. The first-order valence-electron chi connectivity index (χ1n) is 13.9. The summed E-state index contributed by atoms with van der Waals surface area (Å²) in [6.45, 7) is 0. The van der Waals surface area contributed by atoms with Gasteiger partial charge in [0, 0.05) is 25.3 Å². The van der Waals surface area contributed by atoms with Crippen molar-refractivity contribution in [2.75, 3.05) is 19.1 Å². The molecule has 6 heteroatoms. The van der Waals surface area contributed by atoms with Crippen molar-refractivity contribution >= 4 is 23.2 Å². The molecule has 1 aliphatic heterocycles. The zero-order chi connectivity index (χ0) is 25.8. The van der Waals surface area contributed by atoms with Crippen LogP contribution in [0, 0.1) is 17.8 Å². The minimum atomic E-state index is -0.992. The fourth-order valence-electron chi connectivity index (χ4n) is 6.01. The summed E-state index contributed by atoms with van der Waals surface area (Å²) in [7, 11) is 3.48. The van der Waals surface area contributed by atoms with Crippen molar-refractivity contribution in [2.45, 2.75) is 70.1 Å². The number of fused-ring (bicyclic) bond motifs is 1. The van der Waals surface area contributed by atoms with Crippen LogP contribution in [0.4, 0.5) is 5.69 Å². The van der Waals surface area contributed by atoms with Crippen molar-refractivity contribution in [3.8, 4) is 0 Å². The van der Waals surface area contributed by atoms with Crippen LogP contribution in [0.2, 0.25) is 0 Å². The van der Waals surface area contributed by atoms with Crippen LogP contribution in [0.15, 0.2) is 59.6 Å². The van der Waals surface area contributed by atoms with Crippen molar-refractivity contribution in [3.05, 3.63) is 65.7 Å². The average Bonchev–Trinajstić information content (AvgIpc) is 3.62. The highest BCUT2D eigenvalue weighted by atomic mass is 16.5. The first kappa shape index (κ1) is 25.7. The Balaban J connectivity index is 1.41. The van der Waals surface area contributed by atoms with Crippen LogP contribution in [0.5, 0.6) is 0 Å². The minimum absolute atomic E-state index is 0.126. The van der Waals surface area contributed by atoms with E-state index in [4.69, 9.17) is 9.73 Å². The van der Waals surface area contributed by atoms with E-state index in [1.807, 2.05) is 54.6 Å². The van der Waals surface area contributed by atoms with Gasteiger partial charge in [0.05, 0.1) is 23.4 Å². The Bertz CT molecular complexity index is 1120. The number of methoxy groups -OCH3 is 1. The molecular formula is C31H39N3O3. The first-order chi connectivity index (χ1) is 18.0. The van der Waals surface area contributed by atoms with Crippen LogP contribution < -0.4 is 10.2 Å². The molecule has 0 aromatic heterocycles. The first-order valence-corrected chi connectivity index (χ1v) is 13.9. The minimum Gasteiger partial charge on any atom is -0.381 e. The Morgan fingerprint density at radius 2 is 1.73 bits per heavy atom. The number of likely N-dealkylation sites (N-methyl/N-ethyl adjacent to an activating group) is 1. The van der Waals surface area contributed by atoms with Gasteiger partial charge in [-0.2, -0.15) is 0 Å². The Morgan fingerprint density at radius 3 is 2.43 bits per heavy atom. The molecular weight excluding hydrogens is 462 g/mol. The van der Waals surface area contributed by atoms with E-state index in [1.165, 1.54) is 38.5 Å². The fourth-order valence-corrected chi connectivity index (χ4v) is 6.01. The summed E-state index contributed by atoms with van der Waals surface area (Å²) in [5.41, 5.74) is 3.29. The van der Waals surface area contributed by atoms with Gasteiger partial charge in [-0.25, -0.2) is 4.99 Å². The van der Waals surface area contributed by atoms with Gasteiger partial charge >= 0.3 is 0 Å². The third-order valence-electron chi connectivity index (χ3n) is 8.38. The lowest BCUT2D eigenvalue weighted by atomic mass is 9.89. The van der Waals surface area contributed by atoms with Crippen molar-refractivity contribution in [3.63, 3.8) is 0 Å². The van der Waals surface area contributed by atoms with Crippen molar-refractivity contribution in [2.24, 2.45) is 22.7 Å². The van der Waals surface area contributed by atoms with Gasteiger partial charge in [-0.05, 0) is 37.2 Å². The monoisotopic (exact) mass is 501 g/mol. The highest BCUT2D eigenvalue weighted by molar-refractivity contribution is 6.20. The number of amides is 2. The summed E-state index contributed by atoms with van der Waals surface area (Å²) in [5, 5.41) is 3.05. The molecule has 6 nitrogen and oxygen atoms in total. The molecule has 0 saturated heterocycles. The van der Waals surface area contributed by atoms with Crippen molar-refractivity contribution in [1.82, 2.24) is 5.32 Å². The molecule has 0 spiro atoms. The number of carbonyl (C=O) groups is 2. The standard InChI is InChI=1S/C31H39N3O3/c1-34-26-15-9-8-14-24(26)28(23-12-4-3-5-13-23)32-29(31(34)36)33-30(35)25(20-22-16-17-22)27(37-2)19-18-21-10-6-7-11-21/h3-5,8-9,12-15,21-22,25,27,29H,6-7,10-11,16-20H2,1-2H3,(H,33,35)/t25-,27+,29-/m1/s1. The molecule has 1 N–H and O–H groups in total. The predicted octanol–water partition coefficient (Wildman–Crippen LogP) is 5.34. The molecule has 0 radical (unpaired) electrons. The fraction of sp³-hybridized carbons (Fsp3) is 0.516. The average molecular weight is 502 g/mol. The molecule has 3 aliphatic rings. The van der Waals surface area contributed by atoms with E-state index in [-0.39, 0.29) is 23.8 Å². The van der Waals surface area contributed by atoms with Gasteiger partial charge in [0.25, 0.3) is 5.91 Å². The van der Waals surface area contributed by atoms with Crippen LogP contribution >= 0.6 is 0 Å². The Kier molecular flexibility index (Phi) is 8.04. The Morgan fingerprint density at radius 1 is 1.03 bits per heavy atom. The number of anilines is 1. The topological polar surface area (TPSA) is 71.0 Å². The maximum atomic E-state index is 13.8. The van der Waals surface area contributed by atoms with E-state index >= 15 is 0 Å². The molecule has 2 fully saturated rings. The smallest absolute Gasteiger partial charge is 0.272 e. The number of hydrogen-bond donors (Lipinski definition) is 1. The molecule has 196 valence electrons. The van der Waals surface area contributed by atoms with E-state index in [0.717, 1.165) is 42.0 Å². The SMILES string of the molecule is CO[C@@H](CCC1CCCC1)[C@@H](CC1CC1)C(=O)N[C@H]1N=C(c2ccccc2)c2ccccc2N(C)C1=O.